The second-order valence-corrected chi connectivity index (χ2v) is 9.26. The molecule has 1 unspecified atom stereocenters. The summed E-state index contributed by atoms with van der Waals surface area (Å²) >= 11 is 0. The van der Waals surface area contributed by atoms with Crippen LogP contribution in [0.1, 0.15) is 38.7 Å². The largest absolute Gasteiger partial charge is 0.496 e. The Balaban J connectivity index is 1.64. The average molecular weight is 464 g/mol. The number of hydrogen-bond acceptors (Lipinski definition) is 8. The van der Waals surface area contributed by atoms with Crippen LogP contribution in [0.4, 0.5) is 11.8 Å². The first kappa shape index (κ1) is 22.8. The van der Waals surface area contributed by atoms with Crippen molar-refractivity contribution in [1.82, 2.24) is 15.0 Å². The minimum Gasteiger partial charge on any atom is -0.496 e. The van der Waals surface area contributed by atoms with Crippen molar-refractivity contribution in [1.29, 1.82) is 0 Å². The van der Waals surface area contributed by atoms with Gasteiger partial charge < -0.3 is 24.4 Å². The molecule has 2 fully saturated rings. The Bertz CT molecular complexity index is 1170. The molecule has 0 spiro atoms. The van der Waals surface area contributed by atoms with Crippen molar-refractivity contribution in [2.24, 2.45) is 0 Å². The van der Waals surface area contributed by atoms with E-state index in [1.165, 1.54) is 6.42 Å². The van der Waals surface area contributed by atoms with Gasteiger partial charge in [0.15, 0.2) is 5.65 Å². The molecular weight excluding hydrogens is 430 g/mol. The average Bonchev–Trinajstić information content (AvgIpc) is 2.88. The van der Waals surface area contributed by atoms with Gasteiger partial charge in [-0.15, -0.1) is 0 Å². The molecule has 180 valence electrons. The molecule has 34 heavy (non-hydrogen) atoms. The summed E-state index contributed by atoms with van der Waals surface area (Å²) in [5, 5.41) is 10.7. The molecule has 0 saturated carbocycles. The van der Waals surface area contributed by atoms with E-state index in [1.807, 2.05) is 24.3 Å². The maximum absolute atomic E-state index is 9.76. The molecule has 2 aromatic heterocycles. The first-order valence-electron chi connectivity index (χ1n) is 12.2. The number of methoxy groups -OCH3 is 1. The Labute approximate surface area is 200 Å². The van der Waals surface area contributed by atoms with Gasteiger partial charge >= 0.3 is 0 Å². The van der Waals surface area contributed by atoms with Crippen LogP contribution in [0.2, 0.25) is 0 Å². The number of piperidine rings is 1. The zero-order chi connectivity index (χ0) is 23.7. The molecule has 0 aliphatic carbocycles. The van der Waals surface area contributed by atoms with E-state index in [4.69, 9.17) is 24.4 Å². The first-order chi connectivity index (χ1) is 16.6. The number of nitrogens with zero attached hydrogens (tertiary/aromatic N) is 5. The van der Waals surface area contributed by atoms with E-state index in [0.717, 1.165) is 59.9 Å². The van der Waals surface area contributed by atoms with E-state index >= 15 is 0 Å². The van der Waals surface area contributed by atoms with E-state index in [1.54, 1.807) is 7.11 Å². The van der Waals surface area contributed by atoms with Crippen LogP contribution in [0, 0.1) is 0 Å². The summed E-state index contributed by atoms with van der Waals surface area (Å²) in [7, 11) is 1.61. The van der Waals surface area contributed by atoms with Gasteiger partial charge in [0.1, 0.15) is 11.6 Å². The first-order valence-corrected chi connectivity index (χ1v) is 12.2. The minimum absolute atomic E-state index is 0.0944. The molecule has 0 bridgehead atoms. The SMILES string of the molecule is COc1ccc(-c2ccc3c(N4CCOCC4C)nc(N4CCCC[C@@H]4C)nc3n2)cc1CO. The fraction of sp³-hybridized carbons (Fsp3) is 0.500. The van der Waals surface area contributed by atoms with Gasteiger partial charge in [-0.1, -0.05) is 0 Å². The summed E-state index contributed by atoms with van der Waals surface area (Å²) in [6.45, 7) is 7.45. The molecule has 2 atom stereocenters. The van der Waals surface area contributed by atoms with Crippen molar-refractivity contribution in [3.05, 3.63) is 35.9 Å². The third kappa shape index (κ3) is 4.28. The Hall–Kier alpha value is -2.97. The van der Waals surface area contributed by atoms with Crippen LogP contribution >= 0.6 is 0 Å². The highest BCUT2D eigenvalue weighted by molar-refractivity contribution is 5.90. The van der Waals surface area contributed by atoms with Crippen LogP contribution in [-0.2, 0) is 11.3 Å². The van der Waals surface area contributed by atoms with Crippen molar-refractivity contribution in [3.63, 3.8) is 0 Å². The third-order valence-corrected chi connectivity index (χ3v) is 6.97. The second kappa shape index (κ2) is 9.72. The lowest BCUT2D eigenvalue weighted by Gasteiger charge is -2.37. The molecule has 0 radical (unpaired) electrons. The van der Waals surface area contributed by atoms with E-state index in [2.05, 4.69) is 29.7 Å². The summed E-state index contributed by atoms with van der Waals surface area (Å²) in [5.74, 6) is 2.35. The van der Waals surface area contributed by atoms with E-state index < -0.39 is 0 Å². The lowest BCUT2D eigenvalue weighted by molar-refractivity contribution is 0.0987. The lowest BCUT2D eigenvalue weighted by atomic mass is 10.0. The molecule has 8 heteroatoms. The Morgan fingerprint density at radius 1 is 1.03 bits per heavy atom. The van der Waals surface area contributed by atoms with Gasteiger partial charge in [0.05, 0.1) is 44.1 Å². The molecule has 8 nitrogen and oxygen atoms in total. The van der Waals surface area contributed by atoms with Crippen LogP contribution in [0.3, 0.4) is 0 Å². The van der Waals surface area contributed by atoms with Gasteiger partial charge in [-0.2, -0.15) is 9.97 Å². The van der Waals surface area contributed by atoms with Crippen molar-refractivity contribution >= 4 is 22.8 Å². The molecule has 0 amide bonds. The van der Waals surface area contributed by atoms with Gasteiger partial charge in [0, 0.05) is 30.3 Å². The van der Waals surface area contributed by atoms with Gasteiger partial charge in [-0.25, -0.2) is 4.98 Å². The number of ether oxygens (including phenoxy) is 2. The quantitative estimate of drug-likeness (QED) is 0.612. The number of aliphatic hydroxyl groups is 1. The number of benzene rings is 1. The molecule has 3 aromatic rings. The summed E-state index contributed by atoms with van der Waals surface area (Å²) in [4.78, 5) is 19.7. The van der Waals surface area contributed by atoms with Crippen LogP contribution in [0.15, 0.2) is 30.3 Å². The van der Waals surface area contributed by atoms with E-state index in [9.17, 15) is 5.11 Å². The van der Waals surface area contributed by atoms with Crippen molar-refractivity contribution in [2.75, 3.05) is 43.2 Å². The number of aromatic nitrogens is 3. The number of aliphatic hydroxyl groups excluding tert-OH is 1. The van der Waals surface area contributed by atoms with E-state index in [0.29, 0.717) is 30.7 Å². The summed E-state index contributed by atoms with van der Waals surface area (Å²) in [6.07, 6.45) is 3.54. The lowest BCUT2D eigenvalue weighted by Crippen LogP contribution is -2.45. The number of rotatable bonds is 5. The number of anilines is 2. The van der Waals surface area contributed by atoms with Gasteiger partial charge in [0.2, 0.25) is 5.95 Å². The van der Waals surface area contributed by atoms with Crippen molar-refractivity contribution in [3.8, 4) is 17.0 Å². The van der Waals surface area contributed by atoms with Gasteiger partial charge in [-0.3, -0.25) is 0 Å². The highest BCUT2D eigenvalue weighted by Crippen LogP contribution is 2.33. The number of pyridine rings is 1. The summed E-state index contributed by atoms with van der Waals surface area (Å²) in [5.41, 5.74) is 3.15. The summed E-state index contributed by atoms with van der Waals surface area (Å²) < 4.78 is 11.0. The fourth-order valence-corrected chi connectivity index (χ4v) is 4.99. The molecule has 1 aromatic carbocycles. The molecule has 1 N–H and O–H groups in total. The molecule has 2 aliphatic heterocycles. The standard InChI is InChI=1S/C26H33N5O3/c1-17-6-4-5-11-31(17)26-28-24-21(25(29-26)30-12-13-34-16-18(30)2)8-9-22(27-24)19-7-10-23(33-3)20(14-19)15-32/h7-10,14,17-18,32H,4-6,11-13,15-16H2,1-3H3/t17-,18?/m0/s1. The molecule has 4 heterocycles. The molecular formula is C26H33N5O3. The predicted octanol–water partition coefficient (Wildman–Crippen LogP) is 3.80. The maximum Gasteiger partial charge on any atom is 0.229 e. The predicted molar refractivity (Wildman–Crippen MR) is 134 cm³/mol. The summed E-state index contributed by atoms with van der Waals surface area (Å²) in [6, 6.07) is 10.5. The second-order valence-electron chi connectivity index (χ2n) is 9.26. The van der Waals surface area contributed by atoms with Crippen LogP contribution in [0.5, 0.6) is 5.75 Å². The molecule has 2 aliphatic rings. The van der Waals surface area contributed by atoms with Crippen molar-refractivity contribution < 1.29 is 14.6 Å². The third-order valence-electron chi connectivity index (χ3n) is 6.97. The minimum atomic E-state index is -0.0944. The monoisotopic (exact) mass is 463 g/mol. The Morgan fingerprint density at radius 3 is 2.68 bits per heavy atom. The normalized spacial score (nSPS) is 21.2. The van der Waals surface area contributed by atoms with Gasteiger partial charge in [0.25, 0.3) is 0 Å². The number of hydrogen-bond donors (Lipinski definition) is 1. The van der Waals surface area contributed by atoms with Gasteiger partial charge in [-0.05, 0) is 63.4 Å². The molecule has 2 saturated heterocycles. The molecule has 5 rings (SSSR count). The highest BCUT2D eigenvalue weighted by atomic mass is 16.5. The number of fused-ring (bicyclic) bond motifs is 1. The zero-order valence-electron chi connectivity index (χ0n) is 20.2. The Morgan fingerprint density at radius 2 is 1.91 bits per heavy atom. The fourth-order valence-electron chi connectivity index (χ4n) is 4.99. The Kier molecular flexibility index (Phi) is 6.52. The van der Waals surface area contributed by atoms with E-state index in [-0.39, 0.29) is 12.6 Å². The smallest absolute Gasteiger partial charge is 0.229 e. The van der Waals surface area contributed by atoms with Crippen LogP contribution in [0.25, 0.3) is 22.3 Å². The van der Waals surface area contributed by atoms with Crippen molar-refractivity contribution in [2.45, 2.75) is 51.8 Å². The van der Waals surface area contributed by atoms with Crippen LogP contribution < -0.4 is 14.5 Å². The zero-order valence-corrected chi connectivity index (χ0v) is 20.2. The maximum atomic E-state index is 9.76. The van der Waals surface area contributed by atoms with Crippen LogP contribution in [-0.4, -0.2) is 65.6 Å². The number of morpholine rings is 1. The topological polar surface area (TPSA) is 83.8 Å². The highest BCUT2D eigenvalue weighted by Gasteiger charge is 2.27.